The van der Waals surface area contributed by atoms with Crippen LogP contribution in [0.15, 0.2) is 11.6 Å². The number of ketones is 1. The normalized spacial score (nSPS) is 45.9. The van der Waals surface area contributed by atoms with Crippen molar-refractivity contribution < 1.29 is 39.5 Å². The molecule has 1 aliphatic heterocycles. The highest BCUT2D eigenvalue weighted by atomic mass is 16.6. The minimum atomic E-state index is -2.30. The summed E-state index contributed by atoms with van der Waals surface area (Å²) in [5.41, 5.74) is -6.50. The summed E-state index contributed by atoms with van der Waals surface area (Å²) in [5.74, 6) is -3.39. The van der Waals surface area contributed by atoms with Crippen LogP contribution >= 0.6 is 0 Å². The minimum absolute atomic E-state index is 0.238. The van der Waals surface area contributed by atoms with Gasteiger partial charge in [0.15, 0.2) is 11.4 Å². The standard InChI is InChI=1S/C32H50O8/c1-6-7-8-9-10-11-12-13-14-15-22(34)39-30-17-20(3)31(37)21-16-19(2)25(35)32(21,38)27(36)29(18-33)26(40-29)23(31)24(30)28(30,4)5/h16,20-21,23-24,26-27,33,36-38H,6-15,17-18H2,1-5H3/t20-,21-,23-,24-,26+,27-,29+,30+,31+,32-/m1/s1. The molecule has 0 bridgehead atoms. The molecule has 0 amide bonds. The van der Waals surface area contributed by atoms with Crippen molar-refractivity contribution in [1.82, 2.24) is 0 Å². The fourth-order valence-electron chi connectivity index (χ4n) is 9.28. The van der Waals surface area contributed by atoms with Crippen LogP contribution in [-0.2, 0) is 19.1 Å². The summed E-state index contributed by atoms with van der Waals surface area (Å²) in [6.45, 7) is 9.11. The maximum Gasteiger partial charge on any atom is 0.306 e. The van der Waals surface area contributed by atoms with Crippen molar-refractivity contribution in [2.24, 2.45) is 29.1 Å². The van der Waals surface area contributed by atoms with Gasteiger partial charge in [-0.05, 0) is 31.3 Å². The molecule has 0 spiro atoms. The number of unbranched alkanes of at least 4 members (excludes halogenated alkanes) is 8. The second-order valence-corrected chi connectivity index (χ2v) is 14.2. The van der Waals surface area contributed by atoms with E-state index in [1.165, 1.54) is 38.5 Å². The summed E-state index contributed by atoms with van der Waals surface area (Å²) in [5, 5.41) is 46.1. The summed E-state index contributed by atoms with van der Waals surface area (Å²) >= 11 is 0. The van der Waals surface area contributed by atoms with Gasteiger partial charge < -0.3 is 29.9 Å². The van der Waals surface area contributed by atoms with Crippen molar-refractivity contribution in [2.45, 2.75) is 140 Å². The van der Waals surface area contributed by atoms with Crippen LogP contribution in [0.5, 0.6) is 0 Å². The fraction of sp³-hybridized carbons (Fsp3) is 0.875. The number of epoxide rings is 1. The van der Waals surface area contributed by atoms with E-state index in [1.807, 2.05) is 20.8 Å². The van der Waals surface area contributed by atoms with E-state index >= 15 is 0 Å². The molecule has 10 atom stereocenters. The van der Waals surface area contributed by atoms with Gasteiger partial charge in [-0.15, -0.1) is 0 Å². The average Bonchev–Trinajstić information content (AvgIpc) is 3.73. The van der Waals surface area contributed by atoms with Gasteiger partial charge >= 0.3 is 5.97 Å². The molecule has 3 saturated carbocycles. The molecule has 0 aromatic rings. The lowest BCUT2D eigenvalue weighted by atomic mass is 9.59. The lowest BCUT2D eigenvalue weighted by Gasteiger charge is -2.51. The number of carbonyl (C=O) groups is 2. The minimum Gasteiger partial charge on any atom is -0.458 e. The molecule has 4 aliphatic carbocycles. The predicted molar refractivity (Wildman–Crippen MR) is 148 cm³/mol. The van der Waals surface area contributed by atoms with Gasteiger partial charge in [-0.2, -0.15) is 0 Å². The number of ether oxygens (including phenoxy) is 2. The number of rotatable bonds is 12. The van der Waals surface area contributed by atoms with Crippen LogP contribution in [0.1, 0.15) is 105 Å². The number of carbonyl (C=O) groups excluding carboxylic acids is 2. The van der Waals surface area contributed by atoms with Gasteiger partial charge in [0.1, 0.15) is 17.3 Å². The Kier molecular flexibility index (Phi) is 7.65. The molecule has 5 rings (SSSR count). The average molecular weight is 563 g/mol. The van der Waals surface area contributed by atoms with E-state index in [4.69, 9.17) is 9.47 Å². The van der Waals surface area contributed by atoms with Gasteiger partial charge in [0, 0.05) is 29.6 Å². The maximum atomic E-state index is 13.2. The molecule has 8 heteroatoms. The van der Waals surface area contributed by atoms with E-state index in [-0.39, 0.29) is 17.5 Å². The predicted octanol–water partition coefficient (Wildman–Crippen LogP) is 3.61. The largest absolute Gasteiger partial charge is 0.458 e. The van der Waals surface area contributed by atoms with E-state index in [9.17, 15) is 30.0 Å². The first kappa shape index (κ1) is 30.1. The molecule has 0 aromatic heterocycles. The Morgan fingerprint density at radius 2 is 1.68 bits per heavy atom. The van der Waals surface area contributed by atoms with Gasteiger partial charge in [0.05, 0.1) is 18.3 Å². The summed E-state index contributed by atoms with van der Waals surface area (Å²) < 4.78 is 12.3. The third-order valence-corrected chi connectivity index (χ3v) is 11.7. The number of aliphatic hydroxyl groups excluding tert-OH is 2. The van der Waals surface area contributed by atoms with Crippen LogP contribution in [0.3, 0.4) is 0 Å². The van der Waals surface area contributed by atoms with Crippen molar-refractivity contribution in [3.63, 3.8) is 0 Å². The van der Waals surface area contributed by atoms with Crippen molar-refractivity contribution in [3.05, 3.63) is 11.6 Å². The molecule has 8 nitrogen and oxygen atoms in total. The van der Waals surface area contributed by atoms with Crippen molar-refractivity contribution in [3.8, 4) is 0 Å². The van der Waals surface area contributed by atoms with Crippen LogP contribution < -0.4 is 0 Å². The second kappa shape index (κ2) is 10.1. The Morgan fingerprint density at radius 3 is 2.27 bits per heavy atom. The molecule has 226 valence electrons. The number of esters is 1. The summed E-state index contributed by atoms with van der Waals surface area (Å²) in [7, 11) is 0. The maximum absolute atomic E-state index is 13.2. The van der Waals surface area contributed by atoms with Crippen molar-refractivity contribution in [2.75, 3.05) is 6.61 Å². The van der Waals surface area contributed by atoms with Crippen LogP contribution in [-0.4, -0.2) is 73.4 Å². The quantitative estimate of drug-likeness (QED) is 0.161. The second-order valence-electron chi connectivity index (χ2n) is 14.2. The van der Waals surface area contributed by atoms with E-state index < -0.39 is 70.2 Å². The molecule has 4 fully saturated rings. The summed E-state index contributed by atoms with van der Waals surface area (Å²) in [4.78, 5) is 26.4. The number of hydrogen-bond donors (Lipinski definition) is 4. The zero-order chi connectivity index (χ0) is 29.3. The number of aliphatic hydroxyl groups is 4. The van der Waals surface area contributed by atoms with Crippen molar-refractivity contribution >= 4 is 11.8 Å². The molecule has 1 heterocycles. The Labute approximate surface area is 238 Å². The Balaban J connectivity index is 1.32. The van der Waals surface area contributed by atoms with E-state index in [0.717, 1.165) is 19.3 Å². The first-order valence-corrected chi connectivity index (χ1v) is 15.7. The smallest absolute Gasteiger partial charge is 0.306 e. The zero-order valence-electron chi connectivity index (χ0n) is 24.9. The molecular weight excluding hydrogens is 512 g/mol. The highest BCUT2D eigenvalue weighted by Gasteiger charge is 2.90. The van der Waals surface area contributed by atoms with Gasteiger partial charge in [-0.1, -0.05) is 85.1 Å². The van der Waals surface area contributed by atoms with Gasteiger partial charge in [0.2, 0.25) is 0 Å². The summed E-state index contributed by atoms with van der Waals surface area (Å²) in [6, 6.07) is 0. The molecule has 1 saturated heterocycles. The lowest BCUT2D eigenvalue weighted by molar-refractivity contribution is -0.215. The van der Waals surface area contributed by atoms with E-state index in [2.05, 4.69) is 6.92 Å². The number of hydrogen-bond acceptors (Lipinski definition) is 8. The SMILES string of the molecule is CCCCCCCCCCCC(=O)O[C@@]12C[C@@H](C)[C@@]3(O)[C@H]([C@@H]1C2(C)C)[C@@H]1O[C@]1(CO)[C@@H](O)[C@]1(O)C(=O)C(C)=C[C@@H]13. The first-order valence-electron chi connectivity index (χ1n) is 15.7. The third kappa shape index (κ3) is 3.95. The Hall–Kier alpha value is -1.32. The summed E-state index contributed by atoms with van der Waals surface area (Å²) in [6.07, 6.45) is 10.3. The molecule has 5 aliphatic rings. The van der Waals surface area contributed by atoms with Gasteiger partial charge in [0.25, 0.3) is 0 Å². The molecule has 40 heavy (non-hydrogen) atoms. The molecule has 0 aromatic carbocycles. The van der Waals surface area contributed by atoms with Crippen molar-refractivity contribution in [1.29, 1.82) is 0 Å². The Bertz CT molecular complexity index is 1050. The molecule has 0 unspecified atom stereocenters. The monoisotopic (exact) mass is 562 g/mol. The van der Waals surface area contributed by atoms with E-state index in [1.54, 1.807) is 13.0 Å². The van der Waals surface area contributed by atoms with Crippen LogP contribution in [0, 0.1) is 29.1 Å². The van der Waals surface area contributed by atoms with Crippen LogP contribution in [0.25, 0.3) is 0 Å². The molecular formula is C32H50O8. The molecule has 4 N–H and O–H groups in total. The number of Topliss-reactive ketones (excluding diaryl/α,β-unsaturated/α-hetero) is 1. The fourth-order valence-corrected chi connectivity index (χ4v) is 9.28. The highest BCUT2D eigenvalue weighted by Crippen LogP contribution is 2.79. The van der Waals surface area contributed by atoms with E-state index in [0.29, 0.717) is 12.8 Å². The molecule has 0 radical (unpaired) electrons. The van der Waals surface area contributed by atoms with Crippen LogP contribution in [0.4, 0.5) is 0 Å². The Morgan fingerprint density at radius 1 is 1.07 bits per heavy atom. The third-order valence-electron chi connectivity index (χ3n) is 11.7. The van der Waals surface area contributed by atoms with Gasteiger partial charge in [-0.25, -0.2) is 0 Å². The van der Waals surface area contributed by atoms with Crippen LogP contribution in [0.2, 0.25) is 0 Å². The highest BCUT2D eigenvalue weighted by molar-refractivity contribution is 6.05. The topological polar surface area (TPSA) is 137 Å². The number of fused-ring (bicyclic) bond motifs is 7. The zero-order valence-corrected chi connectivity index (χ0v) is 24.9. The first-order chi connectivity index (χ1) is 18.8. The van der Waals surface area contributed by atoms with Gasteiger partial charge in [-0.3, -0.25) is 9.59 Å². The lowest BCUT2D eigenvalue weighted by Crippen LogP contribution is -2.65.